The molecule has 0 aliphatic carbocycles. The first kappa shape index (κ1) is 36.5. The molecule has 0 aromatic rings. The lowest BCUT2D eigenvalue weighted by Crippen LogP contribution is -2.29. The molecule has 0 aromatic heterocycles. The van der Waals surface area contributed by atoms with Gasteiger partial charge in [0, 0.05) is 20.0 Å². The van der Waals surface area contributed by atoms with E-state index in [1.165, 1.54) is 4.31 Å². The van der Waals surface area contributed by atoms with Crippen molar-refractivity contribution in [3.05, 3.63) is 72.9 Å². The van der Waals surface area contributed by atoms with E-state index >= 15 is 0 Å². The monoisotopic (exact) mass is 572 g/mol. The Morgan fingerprint density at radius 2 is 1.30 bits per heavy atom. The van der Waals surface area contributed by atoms with Gasteiger partial charge in [-0.05, 0) is 57.8 Å². The summed E-state index contributed by atoms with van der Waals surface area (Å²) in [7, 11) is 1.55. The van der Waals surface area contributed by atoms with Crippen molar-refractivity contribution < 1.29 is 14.3 Å². The van der Waals surface area contributed by atoms with Crippen molar-refractivity contribution in [2.24, 2.45) is 21.5 Å². The molecule has 0 radical (unpaired) electrons. The fourth-order valence-corrected chi connectivity index (χ4v) is 2.94. The lowest BCUT2D eigenvalue weighted by molar-refractivity contribution is -0.121. The van der Waals surface area contributed by atoms with Crippen molar-refractivity contribution in [1.82, 2.24) is 9.62 Å². The normalized spacial score (nSPS) is 13.2. The summed E-state index contributed by atoms with van der Waals surface area (Å²) in [6, 6.07) is 0. The number of hydrogen-bond acceptors (Lipinski definition) is 4. The molecular formula is C30H48N6O3S. The van der Waals surface area contributed by atoms with Crippen LogP contribution in [-0.2, 0) is 9.53 Å². The number of rotatable bonds is 19. The molecule has 10 heteroatoms. The second kappa shape index (κ2) is 27.1. The molecule has 0 spiro atoms. The topological polar surface area (TPSA) is 135 Å². The summed E-state index contributed by atoms with van der Waals surface area (Å²) in [5.74, 6) is -0.324. The molecule has 0 rings (SSSR count). The molecule has 222 valence electrons. The SMILES string of the molecule is CC/C=C\C/C=C\C/C=C\C/C=C\C/C=C\C/C=C\CCC(=O)NCCCCOC(=O)/N=C(N)/N=C(\N)N(C)S. The van der Waals surface area contributed by atoms with Gasteiger partial charge in [0.15, 0.2) is 0 Å². The van der Waals surface area contributed by atoms with Crippen LogP contribution in [0.25, 0.3) is 0 Å². The number of carbonyl (C=O) groups is 2. The molecule has 0 fully saturated rings. The molecule has 5 N–H and O–H groups in total. The van der Waals surface area contributed by atoms with E-state index < -0.39 is 6.09 Å². The van der Waals surface area contributed by atoms with E-state index in [1.807, 2.05) is 6.08 Å². The van der Waals surface area contributed by atoms with Crippen LogP contribution >= 0.6 is 12.8 Å². The molecule has 0 saturated heterocycles. The Balaban J connectivity index is 3.73. The summed E-state index contributed by atoms with van der Waals surface area (Å²) in [5.41, 5.74) is 11.0. The quantitative estimate of drug-likeness (QED) is 0.0500. The molecule has 40 heavy (non-hydrogen) atoms. The largest absolute Gasteiger partial charge is 0.448 e. The molecule has 9 nitrogen and oxygen atoms in total. The molecular weight excluding hydrogens is 524 g/mol. The van der Waals surface area contributed by atoms with E-state index in [2.05, 4.69) is 102 Å². The van der Waals surface area contributed by atoms with Crippen LogP contribution in [0.15, 0.2) is 82.9 Å². The van der Waals surface area contributed by atoms with Crippen LogP contribution in [0.3, 0.4) is 0 Å². The molecule has 0 heterocycles. The zero-order chi connectivity index (χ0) is 29.7. The minimum absolute atomic E-state index is 0.00138. The van der Waals surface area contributed by atoms with Crippen molar-refractivity contribution >= 4 is 36.7 Å². The van der Waals surface area contributed by atoms with Gasteiger partial charge in [-0.3, -0.25) is 9.10 Å². The number of nitrogens with zero attached hydrogens (tertiary/aromatic N) is 3. The van der Waals surface area contributed by atoms with E-state index in [0.29, 0.717) is 32.2 Å². The third-order valence-corrected chi connectivity index (χ3v) is 5.22. The summed E-state index contributed by atoms with van der Waals surface area (Å²) >= 11 is 3.94. The zero-order valence-electron chi connectivity index (χ0n) is 24.1. The summed E-state index contributed by atoms with van der Waals surface area (Å²) in [6.45, 7) is 2.82. The number of unbranched alkanes of at least 4 members (excludes halogenated alkanes) is 1. The zero-order valence-corrected chi connectivity index (χ0v) is 25.0. The fourth-order valence-electron chi connectivity index (χ4n) is 2.90. The predicted octanol–water partition coefficient (Wildman–Crippen LogP) is 5.90. The van der Waals surface area contributed by atoms with Gasteiger partial charge in [0.2, 0.25) is 17.8 Å². The van der Waals surface area contributed by atoms with Crippen LogP contribution in [0, 0.1) is 0 Å². The molecule has 0 unspecified atom stereocenters. The molecule has 2 amide bonds. The van der Waals surface area contributed by atoms with Gasteiger partial charge in [0.1, 0.15) is 0 Å². The Morgan fingerprint density at radius 3 is 1.80 bits per heavy atom. The highest BCUT2D eigenvalue weighted by molar-refractivity contribution is 7.78. The number of guanidine groups is 2. The molecule has 0 aromatic carbocycles. The summed E-state index contributed by atoms with van der Waals surface area (Å²) in [4.78, 5) is 30.6. The van der Waals surface area contributed by atoms with Gasteiger partial charge in [0.25, 0.3) is 0 Å². The summed E-state index contributed by atoms with van der Waals surface area (Å²) in [5, 5.41) is 2.86. The Bertz CT molecular complexity index is 934. The maximum Gasteiger partial charge on any atom is 0.436 e. The van der Waals surface area contributed by atoms with Crippen molar-refractivity contribution in [3.63, 3.8) is 0 Å². The molecule has 0 bridgehead atoms. The first-order valence-corrected chi connectivity index (χ1v) is 14.2. The van der Waals surface area contributed by atoms with Crippen LogP contribution in [0.4, 0.5) is 4.79 Å². The van der Waals surface area contributed by atoms with Gasteiger partial charge in [-0.25, -0.2) is 4.79 Å². The standard InChI is InChI=1S/C30H48N6O3S/c1-3-4-5-6-7-8-9-10-11-12-13-14-15-16-17-18-19-20-21-24-27(37)33-25-22-23-26-39-30(38)35-28(31)34-29(32)36(2)40/h4-5,7-8,10-11,13-14,16-17,19-20,40H,3,6,9,12,15,18,21-26H2,1-2H3,(H,33,37)(H4,31,32,34,35,38)/b5-4-,8-7-,11-10-,14-13-,17-16-,20-19-. The van der Waals surface area contributed by atoms with Crippen molar-refractivity contribution in [3.8, 4) is 0 Å². The number of thiol groups is 1. The number of allylic oxidation sites excluding steroid dienone is 12. The fraction of sp³-hybridized carbons (Fsp3) is 0.467. The van der Waals surface area contributed by atoms with Crippen LogP contribution in [0.1, 0.15) is 71.1 Å². The summed E-state index contributed by atoms with van der Waals surface area (Å²) in [6.07, 6.45) is 33.3. The van der Waals surface area contributed by atoms with Crippen LogP contribution in [0.5, 0.6) is 0 Å². The third kappa shape index (κ3) is 26.1. The molecule has 0 aliphatic heterocycles. The summed E-state index contributed by atoms with van der Waals surface area (Å²) < 4.78 is 6.18. The van der Waals surface area contributed by atoms with Crippen molar-refractivity contribution in [2.75, 3.05) is 20.2 Å². The van der Waals surface area contributed by atoms with Crippen molar-refractivity contribution in [1.29, 1.82) is 0 Å². The lowest BCUT2D eigenvalue weighted by atomic mass is 10.2. The smallest absolute Gasteiger partial charge is 0.436 e. The average molecular weight is 573 g/mol. The van der Waals surface area contributed by atoms with Crippen LogP contribution in [-0.4, -0.2) is 48.4 Å². The molecule has 0 saturated carbocycles. The lowest BCUT2D eigenvalue weighted by Gasteiger charge is -2.07. The van der Waals surface area contributed by atoms with Gasteiger partial charge in [-0.1, -0.05) is 92.7 Å². The Hall–Kier alpha value is -3.53. The minimum Gasteiger partial charge on any atom is -0.448 e. The van der Waals surface area contributed by atoms with Gasteiger partial charge >= 0.3 is 6.09 Å². The highest BCUT2D eigenvalue weighted by atomic mass is 32.1. The molecule has 0 aliphatic rings. The molecule has 0 atom stereocenters. The van der Waals surface area contributed by atoms with Gasteiger partial charge in [0.05, 0.1) is 6.61 Å². The van der Waals surface area contributed by atoms with Gasteiger partial charge in [-0.2, -0.15) is 4.99 Å². The number of carbonyl (C=O) groups excluding carboxylic acids is 2. The Morgan fingerprint density at radius 1 is 0.800 bits per heavy atom. The van der Waals surface area contributed by atoms with E-state index in [0.717, 1.165) is 38.5 Å². The number of aliphatic imine (C=N–C) groups is 2. The van der Waals surface area contributed by atoms with E-state index in [9.17, 15) is 9.59 Å². The second-order valence-electron chi connectivity index (χ2n) is 8.59. The maximum atomic E-state index is 11.9. The maximum absolute atomic E-state index is 11.9. The number of amides is 2. The van der Waals surface area contributed by atoms with Crippen LogP contribution in [0.2, 0.25) is 0 Å². The Labute approximate surface area is 246 Å². The first-order chi connectivity index (χ1) is 19.4. The number of nitrogens with one attached hydrogen (secondary N) is 1. The third-order valence-electron chi connectivity index (χ3n) is 5.02. The van der Waals surface area contributed by atoms with E-state index in [4.69, 9.17) is 16.2 Å². The highest BCUT2D eigenvalue weighted by Crippen LogP contribution is 1.98. The van der Waals surface area contributed by atoms with E-state index in [-0.39, 0.29) is 24.4 Å². The predicted molar refractivity (Wildman–Crippen MR) is 171 cm³/mol. The van der Waals surface area contributed by atoms with Gasteiger partial charge < -0.3 is 21.5 Å². The number of ether oxygens (including phenoxy) is 1. The minimum atomic E-state index is -0.851. The second-order valence-corrected chi connectivity index (χ2v) is 9.19. The average Bonchev–Trinajstić information content (AvgIpc) is 2.91. The Kier molecular flexibility index (Phi) is 24.7. The first-order valence-electron chi connectivity index (χ1n) is 13.8. The van der Waals surface area contributed by atoms with Crippen molar-refractivity contribution in [2.45, 2.75) is 71.1 Å². The van der Waals surface area contributed by atoms with Gasteiger partial charge in [-0.15, -0.1) is 4.99 Å². The number of nitrogens with two attached hydrogens (primary N) is 2. The number of hydrogen-bond donors (Lipinski definition) is 4. The highest BCUT2D eigenvalue weighted by Gasteiger charge is 2.04. The van der Waals surface area contributed by atoms with Crippen LogP contribution < -0.4 is 16.8 Å². The van der Waals surface area contributed by atoms with E-state index in [1.54, 1.807) is 7.05 Å².